The van der Waals surface area contributed by atoms with Crippen LogP contribution in [0, 0.1) is 0 Å². The lowest BCUT2D eigenvalue weighted by atomic mass is 10.0. The number of hydrogen-bond acceptors (Lipinski definition) is 4. The third kappa shape index (κ3) is 15.3. The zero-order chi connectivity index (χ0) is 31.9. The van der Waals surface area contributed by atoms with Crippen LogP contribution < -0.4 is 0 Å². The summed E-state index contributed by atoms with van der Waals surface area (Å²) in [4.78, 5) is -0.0881. The minimum atomic E-state index is -3.93. The smallest absolute Gasteiger partial charge is 0.210 e. The third-order valence-corrected chi connectivity index (χ3v) is 10.9. The molecule has 4 nitrogen and oxygen atoms in total. The highest BCUT2D eigenvalue weighted by molar-refractivity contribution is 7.91. The van der Waals surface area contributed by atoms with Crippen LogP contribution in [-0.2, 0) is 22.7 Å². The number of rotatable bonds is 27. The van der Waals surface area contributed by atoms with Crippen LogP contribution >= 0.6 is 0 Å². The van der Waals surface area contributed by atoms with Crippen LogP contribution in [0.15, 0.2) is 46.2 Å². The molecule has 5 heteroatoms. The Morgan fingerprint density at radius 2 is 0.864 bits per heavy atom. The van der Waals surface area contributed by atoms with Gasteiger partial charge in [-0.1, -0.05) is 161 Å². The summed E-state index contributed by atoms with van der Waals surface area (Å²) in [6.45, 7) is 4.51. The van der Waals surface area contributed by atoms with Crippen molar-refractivity contribution in [3.63, 3.8) is 0 Å². The van der Waals surface area contributed by atoms with Gasteiger partial charge in [0.05, 0.1) is 4.90 Å². The van der Waals surface area contributed by atoms with Crippen LogP contribution in [0.2, 0.25) is 0 Å². The first-order valence-electron chi connectivity index (χ1n) is 18.3. The molecule has 0 aromatic heterocycles. The minimum absolute atomic E-state index is 0.0575. The van der Waals surface area contributed by atoms with Crippen molar-refractivity contribution in [1.82, 2.24) is 0 Å². The molecule has 0 fully saturated rings. The summed E-state index contributed by atoms with van der Waals surface area (Å²) in [6.07, 6.45) is 31.1. The molecule has 0 unspecified atom stereocenters. The molecular weight excluding hydrogens is 564 g/mol. The predicted octanol–water partition coefficient (Wildman–Crippen LogP) is 12.0. The number of phenols is 2. The van der Waals surface area contributed by atoms with E-state index in [2.05, 4.69) is 13.8 Å². The van der Waals surface area contributed by atoms with Crippen LogP contribution in [-0.4, -0.2) is 18.6 Å². The molecular formula is C39H64O4S. The van der Waals surface area contributed by atoms with Crippen LogP contribution in [0.3, 0.4) is 0 Å². The van der Waals surface area contributed by atoms with Gasteiger partial charge in [-0.25, -0.2) is 8.42 Å². The Morgan fingerprint density at radius 3 is 1.30 bits per heavy atom. The molecule has 0 atom stereocenters. The second-order valence-electron chi connectivity index (χ2n) is 13.0. The van der Waals surface area contributed by atoms with Crippen LogP contribution in [0.1, 0.15) is 173 Å². The van der Waals surface area contributed by atoms with Crippen molar-refractivity contribution in [3.8, 4) is 11.5 Å². The Morgan fingerprint density at radius 1 is 0.477 bits per heavy atom. The second-order valence-corrected chi connectivity index (χ2v) is 14.9. The fourth-order valence-corrected chi connectivity index (χ4v) is 7.48. The zero-order valence-electron chi connectivity index (χ0n) is 28.3. The molecule has 2 N–H and O–H groups in total. The Bertz CT molecular complexity index is 1110. The van der Waals surface area contributed by atoms with Crippen LogP contribution in [0.5, 0.6) is 11.5 Å². The molecule has 0 aliphatic rings. The molecule has 2 aromatic rings. The molecule has 0 amide bonds. The summed E-state index contributed by atoms with van der Waals surface area (Å²) in [5.74, 6) is -0.347. The summed E-state index contributed by atoms with van der Waals surface area (Å²) < 4.78 is 26.6. The first-order valence-corrected chi connectivity index (χ1v) is 19.8. The molecule has 0 bridgehead atoms. The van der Waals surface area contributed by atoms with Crippen molar-refractivity contribution < 1.29 is 18.6 Å². The molecule has 250 valence electrons. The largest absolute Gasteiger partial charge is 0.508 e. The van der Waals surface area contributed by atoms with E-state index in [9.17, 15) is 18.6 Å². The lowest BCUT2D eigenvalue weighted by Crippen LogP contribution is -2.03. The maximum Gasteiger partial charge on any atom is 0.210 e. The van der Waals surface area contributed by atoms with E-state index >= 15 is 0 Å². The lowest BCUT2D eigenvalue weighted by molar-refractivity contribution is 0.439. The van der Waals surface area contributed by atoms with Crippen molar-refractivity contribution in [2.24, 2.45) is 0 Å². The Balaban J connectivity index is 1.69. The van der Waals surface area contributed by atoms with Gasteiger partial charge in [0.2, 0.25) is 9.84 Å². The van der Waals surface area contributed by atoms with Crippen molar-refractivity contribution >= 4 is 9.84 Å². The molecule has 0 spiro atoms. The zero-order valence-corrected chi connectivity index (χ0v) is 29.1. The number of hydrogen-bond donors (Lipinski definition) is 2. The van der Waals surface area contributed by atoms with E-state index in [1.54, 1.807) is 12.1 Å². The van der Waals surface area contributed by atoms with Crippen LogP contribution in [0.4, 0.5) is 0 Å². The monoisotopic (exact) mass is 628 g/mol. The third-order valence-electron chi connectivity index (χ3n) is 9.05. The Hall–Kier alpha value is -2.01. The second kappa shape index (κ2) is 23.3. The van der Waals surface area contributed by atoms with Crippen molar-refractivity contribution in [2.75, 3.05) is 0 Å². The van der Waals surface area contributed by atoms with Gasteiger partial charge in [0.25, 0.3) is 0 Å². The highest BCUT2D eigenvalue weighted by Crippen LogP contribution is 2.35. The maximum atomic E-state index is 13.3. The summed E-state index contributed by atoms with van der Waals surface area (Å²) in [6, 6.07) is 9.65. The van der Waals surface area contributed by atoms with E-state index in [0.29, 0.717) is 12.0 Å². The van der Waals surface area contributed by atoms with Crippen LogP contribution in [0.25, 0.3) is 0 Å². The van der Waals surface area contributed by atoms with Crippen molar-refractivity contribution in [2.45, 2.75) is 184 Å². The van der Waals surface area contributed by atoms with E-state index in [1.807, 2.05) is 12.1 Å². The van der Waals surface area contributed by atoms with Gasteiger partial charge in [0.1, 0.15) is 16.4 Å². The van der Waals surface area contributed by atoms with E-state index in [0.717, 1.165) is 31.2 Å². The first kappa shape index (κ1) is 38.2. The van der Waals surface area contributed by atoms with Gasteiger partial charge in [0.15, 0.2) is 0 Å². The molecule has 0 saturated heterocycles. The van der Waals surface area contributed by atoms with Gasteiger partial charge in [-0.2, -0.15) is 0 Å². The first-order chi connectivity index (χ1) is 21.4. The average molecular weight is 629 g/mol. The fraction of sp³-hybridized carbons (Fsp3) is 0.692. The molecule has 2 aromatic carbocycles. The Kier molecular flexibility index (Phi) is 20.3. The van der Waals surface area contributed by atoms with Gasteiger partial charge in [0, 0.05) is 6.07 Å². The summed E-state index contributed by atoms with van der Waals surface area (Å²) in [5, 5.41) is 21.2. The quantitative estimate of drug-likeness (QED) is 0.0762. The molecule has 44 heavy (non-hydrogen) atoms. The average Bonchev–Trinajstić information content (AvgIpc) is 3.02. The number of aromatic hydroxyl groups is 2. The number of phenolic OH excluding ortho intramolecular Hbond substituents is 2. The molecule has 0 heterocycles. The standard InChI is InChI=1S/C39H64O4S/c1-3-5-7-9-11-13-15-16-17-19-21-23-25-27-35-32-38(41)39(33-37(35)40)44(42,43)36-30-28-34(29-31-36)26-24-22-20-18-14-12-10-8-6-4-2/h28-33,40-41H,3-27H2,1-2H3. The fourth-order valence-electron chi connectivity index (χ4n) is 6.13. The normalized spacial score (nSPS) is 11.8. The van der Waals surface area contributed by atoms with Crippen molar-refractivity contribution in [3.05, 3.63) is 47.5 Å². The van der Waals surface area contributed by atoms with E-state index in [1.165, 1.54) is 141 Å². The van der Waals surface area contributed by atoms with Crippen molar-refractivity contribution in [1.29, 1.82) is 0 Å². The summed E-state index contributed by atoms with van der Waals surface area (Å²) in [7, 11) is -3.93. The predicted molar refractivity (Wildman–Crippen MR) is 187 cm³/mol. The van der Waals surface area contributed by atoms with E-state index in [4.69, 9.17) is 0 Å². The van der Waals surface area contributed by atoms with Gasteiger partial charge in [-0.15, -0.1) is 0 Å². The van der Waals surface area contributed by atoms with Gasteiger partial charge in [-0.05, 0) is 55.0 Å². The summed E-state index contributed by atoms with van der Waals surface area (Å²) >= 11 is 0. The molecule has 0 aliphatic heterocycles. The topological polar surface area (TPSA) is 74.6 Å². The van der Waals surface area contributed by atoms with Gasteiger partial charge < -0.3 is 10.2 Å². The number of sulfone groups is 1. The molecule has 0 aliphatic carbocycles. The van der Waals surface area contributed by atoms with E-state index < -0.39 is 9.84 Å². The number of unbranched alkanes of at least 4 members (excludes halogenated alkanes) is 21. The Labute approximate surface area is 271 Å². The maximum absolute atomic E-state index is 13.3. The van der Waals surface area contributed by atoms with Gasteiger partial charge in [-0.3, -0.25) is 0 Å². The minimum Gasteiger partial charge on any atom is -0.508 e. The molecule has 2 rings (SSSR count). The number of aryl methyl sites for hydroxylation is 2. The molecule has 0 radical (unpaired) electrons. The highest BCUT2D eigenvalue weighted by atomic mass is 32.2. The lowest BCUT2D eigenvalue weighted by Gasteiger charge is -2.12. The SMILES string of the molecule is CCCCCCCCCCCCCCCc1cc(O)c(S(=O)(=O)c2ccc(CCCCCCCCCCCC)cc2)cc1O. The van der Waals surface area contributed by atoms with Gasteiger partial charge >= 0.3 is 0 Å². The number of benzene rings is 2. The molecule has 0 saturated carbocycles. The van der Waals surface area contributed by atoms with E-state index in [-0.39, 0.29) is 21.3 Å². The highest BCUT2D eigenvalue weighted by Gasteiger charge is 2.23. The summed E-state index contributed by atoms with van der Waals surface area (Å²) in [5.41, 5.74) is 1.74.